The predicted molar refractivity (Wildman–Crippen MR) is 145 cm³/mol. The van der Waals surface area contributed by atoms with Crippen molar-refractivity contribution in [2.24, 2.45) is 5.73 Å². The summed E-state index contributed by atoms with van der Waals surface area (Å²) in [7, 11) is 1.60. The third-order valence-corrected chi connectivity index (χ3v) is 6.18. The fourth-order valence-electron chi connectivity index (χ4n) is 3.61. The number of anilines is 4. The van der Waals surface area contributed by atoms with Crippen LogP contribution >= 0.6 is 12.2 Å². The summed E-state index contributed by atoms with van der Waals surface area (Å²) in [6, 6.07) is 14.5. The lowest BCUT2D eigenvalue weighted by atomic mass is 10.2. The van der Waals surface area contributed by atoms with Crippen molar-refractivity contribution in [3.05, 3.63) is 66.0 Å². The first-order chi connectivity index (χ1) is 18.0. The Kier molecular flexibility index (Phi) is 8.74. The van der Waals surface area contributed by atoms with Gasteiger partial charge in [0.15, 0.2) is 11.5 Å². The smallest absolute Gasteiger partial charge is 0.264 e. The number of nitrogens with one attached hydrogen (secondary N) is 2. The van der Waals surface area contributed by atoms with E-state index in [9.17, 15) is 4.79 Å². The zero-order chi connectivity index (χ0) is 26.2. The Balaban J connectivity index is 1.34. The van der Waals surface area contributed by atoms with Crippen LogP contribution in [-0.2, 0) is 22.0 Å². The van der Waals surface area contributed by atoms with Crippen LogP contribution in [0.5, 0.6) is 0 Å². The van der Waals surface area contributed by atoms with Crippen molar-refractivity contribution >= 4 is 52.4 Å². The number of nitrogens with zero attached hydrogens (tertiary/aromatic N) is 4. The first-order valence-corrected chi connectivity index (χ1v) is 12.2. The molecule has 2 heterocycles. The summed E-state index contributed by atoms with van der Waals surface area (Å²) in [5.41, 5.74) is 21.5. The lowest BCUT2D eigenvalue weighted by Gasteiger charge is -2.15. The quantitative estimate of drug-likeness (QED) is 0.0796. The van der Waals surface area contributed by atoms with Crippen LogP contribution in [0.4, 0.5) is 23.1 Å². The van der Waals surface area contributed by atoms with E-state index in [1.807, 2.05) is 28.8 Å². The molecule has 194 valence electrons. The summed E-state index contributed by atoms with van der Waals surface area (Å²) in [6.45, 7) is 1.17. The average molecular weight is 524 g/mol. The minimum atomic E-state index is -0.335. The molecule has 37 heavy (non-hydrogen) atoms. The van der Waals surface area contributed by atoms with Crippen LogP contribution in [0.1, 0.15) is 22.3 Å². The van der Waals surface area contributed by atoms with E-state index in [4.69, 9.17) is 26.1 Å². The number of benzene rings is 2. The number of hydrogen-bond donors (Lipinski definition) is 5. The van der Waals surface area contributed by atoms with Crippen LogP contribution in [0.2, 0.25) is 0 Å². The standard InChI is InChI=1S/C24H29N9O3S/c1-35-16(13-36-37-32-23(34)17-7-3-4-8-18(17)26)10-11-33-14-28-20-21(27)30-24(31-22(20)33)29-19-9-5-2-6-15(19)12-25/h2-9,14,16H,10-13,25-26H2,1H3,(H,32,34)(H3,27,29,30,31). The maximum Gasteiger partial charge on any atom is 0.264 e. The van der Waals surface area contributed by atoms with Gasteiger partial charge in [-0.3, -0.25) is 13.7 Å². The van der Waals surface area contributed by atoms with Gasteiger partial charge < -0.3 is 31.8 Å². The molecule has 4 aromatic rings. The predicted octanol–water partition coefficient (Wildman–Crippen LogP) is 2.61. The van der Waals surface area contributed by atoms with E-state index < -0.39 is 0 Å². The van der Waals surface area contributed by atoms with E-state index >= 15 is 0 Å². The molecule has 1 unspecified atom stereocenters. The van der Waals surface area contributed by atoms with Gasteiger partial charge in [-0.15, -0.1) is 0 Å². The molecule has 0 fully saturated rings. The molecule has 0 saturated heterocycles. The number of imidazole rings is 1. The second-order valence-corrected chi connectivity index (χ2v) is 8.67. The number of nitrogens with two attached hydrogens (primary N) is 3. The first-order valence-electron chi connectivity index (χ1n) is 11.5. The molecule has 0 saturated carbocycles. The van der Waals surface area contributed by atoms with Crippen LogP contribution in [0, 0.1) is 0 Å². The van der Waals surface area contributed by atoms with E-state index in [1.165, 1.54) is 0 Å². The Bertz CT molecular complexity index is 1360. The summed E-state index contributed by atoms with van der Waals surface area (Å²) in [5, 5.41) is 3.20. The summed E-state index contributed by atoms with van der Waals surface area (Å²) in [6.07, 6.45) is 2.03. The molecule has 8 N–H and O–H groups in total. The minimum Gasteiger partial charge on any atom is -0.398 e. The second-order valence-electron chi connectivity index (χ2n) is 8.06. The molecule has 0 aliphatic heterocycles. The van der Waals surface area contributed by atoms with Gasteiger partial charge >= 0.3 is 0 Å². The first kappa shape index (κ1) is 26.2. The Hall–Kier alpha value is -3.91. The monoisotopic (exact) mass is 523 g/mol. The molecule has 1 amide bonds. The number of rotatable bonds is 12. The summed E-state index contributed by atoms with van der Waals surface area (Å²) >= 11 is 0.834. The molecule has 13 heteroatoms. The molecule has 2 aromatic heterocycles. The summed E-state index contributed by atoms with van der Waals surface area (Å²) < 4.78 is 15.6. The van der Waals surface area contributed by atoms with Gasteiger partial charge in [-0.25, -0.2) is 4.98 Å². The van der Waals surface area contributed by atoms with Crippen LogP contribution < -0.4 is 27.2 Å². The molecule has 4 rings (SSSR count). The summed E-state index contributed by atoms with van der Waals surface area (Å²) in [4.78, 5) is 25.6. The van der Waals surface area contributed by atoms with Crippen molar-refractivity contribution < 1.29 is 13.7 Å². The number of aromatic nitrogens is 4. The van der Waals surface area contributed by atoms with Crippen LogP contribution in [0.3, 0.4) is 0 Å². The number of methoxy groups -OCH3 is 1. The summed E-state index contributed by atoms with van der Waals surface area (Å²) in [5.74, 6) is 0.289. The van der Waals surface area contributed by atoms with Crippen molar-refractivity contribution in [3.8, 4) is 0 Å². The Morgan fingerprint density at radius 3 is 2.70 bits per heavy atom. The zero-order valence-electron chi connectivity index (χ0n) is 20.3. The molecule has 1 atom stereocenters. The SMILES string of the molecule is COC(CCn1cnc2c(N)nc(Nc3ccccc3CN)nc21)COSNC(=O)c1ccccc1N. The lowest BCUT2D eigenvalue weighted by molar-refractivity contribution is 0.0553. The lowest BCUT2D eigenvalue weighted by Crippen LogP contribution is -2.22. The fraction of sp³-hybridized carbons (Fsp3) is 0.250. The highest BCUT2D eigenvalue weighted by molar-refractivity contribution is 7.93. The van der Waals surface area contributed by atoms with Crippen molar-refractivity contribution in [1.29, 1.82) is 0 Å². The van der Waals surface area contributed by atoms with Gasteiger partial charge in [0.05, 0.1) is 24.6 Å². The van der Waals surface area contributed by atoms with Crippen LogP contribution in [0.15, 0.2) is 54.9 Å². The Morgan fingerprint density at radius 2 is 1.92 bits per heavy atom. The van der Waals surface area contributed by atoms with Crippen molar-refractivity contribution in [2.75, 3.05) is 30.5 Å². The fourth-order valence-corrected chi connectivity index (χ4v) is 4.08. The molecule has 0 radical (unpaired) electrons. The maximum absolute atomic E-state index is 12.2. The highest BCUT2D eigenvalue weighted by Crippen LogP contribution is 2.23. The number of aryl methyl sites for hydroxylation is 1. The number of ether oxygens (including phenoxy) is 1. The van der Waals surface area contributed by atoms with E-state index in [-0.39, 0.29) is 24.4 Å². The highest BCUT2D eigenvalue weighted by atomic mass is 32.2. The van der Waals surface area contributed by atoms with E-state index in [0.717, 1.165) is 23.5 Å². The molecule has 2 aromatic carbocycles. The molecular formula is C24H29N9O3S. The van der Waals surface area contributed by atoms with E-state index in [2.05, 4.69) is 25.0 Å². The van der Waals surface area contributed by atoms with Crippen molar-refractivity contribution in [2.45, 2.75) is 25.6 Å². The third-order valence-electron chi connectivity index (χ3n) is 5.65. The molecule has 0 spiro atoms. The highest BCUT2D eigenvalue weighted by Gasteiger charge is 2.15. The van der Waals surface area contributed by atoms with Crippen LogP contribution in [-0.4, -0.2) is 45.2 Å². The molecule has 12 nitrogen and oxygen atoms in total. The van der Waals surface area contributed by atoms with E-state index in [1.54, 1.807) is 37.7 Å². The molecule has 0 aliphatic rings. The van der Waals surface area contributed by atoms with Crippen molar-refractivity contribution in [3.63, 3.8) is 0 Å². The molecule has 0 bridgehead atoms. The number of amides is 1. The van der Waals surface area contributed by atoms with Gasteiger partial charge in [-0.1, -0.05) is 30.3 Å². The maximum atomic E-state index is 12.2. The Morgan fingerprint density at radius 1 is 1.14 bits per heavy atom. The minimum absolute atomic E-state index is 0.239. The normalized spacial score (nSPS) is 11.9. The largest absolute Gasteiger partial charge is 0.398 e. The second kappa shape index (κ2) is 12.4. The number of fused-ring (bicyclic) bond motifs is 1. The van der Waals surface area contributed by atoms with Crippen LogP contribution in [0.25, 0.3) is 11.2 Å². The Labute approximate surface area is 218 Å². The number of carbonyl (C=O) groups excluding carboxylic acids is 1. The van der Waals surface area contributed by atoms with Gasteiger partial charge in [0.2, 0.25) is 5.95 Å². The topological polar surface area (TPSA) is 181 Å². The van der Waals surface area contributed by atoms with Gasteiger partial charge in [0, 0.05) is 31.6 Å². The van der Waals surface area contributed by atoms with Gasteiger partial charge in [-0.2, -0.15) is 9.97 Å². The molecular weight excluding hydrogens is 494 g/mol. The number of carbonyl (C=O) groups is 1. The van der Waals surface area contributed by atoms with Gasteiger partial charge in [0.1, 0.15) is 17.7 Å². The number of para-hydroxylation sites is 2. The number of nitrogen functional groups attached to an aromatic ring is 2. The molecule has 0 aliphatic carbocycles. The van der Waals surface area contributed by atoms with Crippen molar-refractivity contribution in [1.82, 2.24) is 24.2 Å². The van der Waals surface area contributed by atoms with Gasteiger partial charge in [-0.05, 0) is 30.2 Å². The van der Waals surface area contributed by atoms with Gasteiger partial charge in [0.25, 0.3) is 5.91 Å². The van der Waals surface area contributed by atoms with E-state index in [0.29, 0.717) is 47.9 Å². The third kappa shape index (κ3) is 6.46. The zero-order valence-corrected chi connectivity index (χ0v) is 21.1. The average Bonchev–Trinajstić information content (AvgIpc) is 3.32. The number of hydrogen-bond acceptors (Lipinski definition) is 11.